The molecule has 0 amide bonds. The molecule has 4 heteroatoms. The molecular weight excluding hydrogens is 246 g/mol. The quantitative estimate of drug-likeness (QED) is 0.837. The summed E-state index contributed by atoms with van der Waals surface area (Å²) < 4.78 is 0. The zero-order valence-corrected chi connectivity index (χ0v) is 11.0. The van der Waals surface area contributed by atoms with Crippen LogP contribution in [0.15, 0.2) is 24.4 Å². The fourth-order valence-corrected chi connectivity index (χ4v) is 2.47. The molecular formula is C14H14ClN3. The fraction of sp³-hybridized carbons (Fsp3) is 0.286. The lowest BCUT2D eigenvalue weighted by Crippen LogP contribution is -1.98. The van der Waals surface area contributed by atoms with Crippen LogP contribution in [0.3, 0.4) is 0 Å². The minimum atomic E-state index is 0.268. The predicted octanol–water partition coefficient (Wildman–Crippen LogP) is 3.67. The standard InChI is InChI=1S/C14H14ClN3/c1-9-8-16-14(15)18-13(9)17-12-6-5-10-3-2-4-11(10)7-12/h5-8H,2-4H2,1H3,(H,16,17,18). The molecule has 0 saturated heterocycles. The summed E-state index contributed by atoms with van der Waals surface area (Å²) in [6, 6.07) is 6.50. The highest BCUT2D eigenvalue weighted by atomic mass is 35.5. The molecule has 1 N–H and O–H groups in total. The van der Waals surface area contributed by atoms with Gasteiger partial charge in [0.15, 0.2) is 0 Å². The zero-order chi connectivity index (χ0) is 12.5. The van der Waals surface area contributed by atoms with Crippen LogP contribution in [-0.2, 0) is 12.8 Å². The first-order chi connectivity index (χ1) is 8.72. The lowest BCUT2D eigenvalue weighted by molar-refractivity contribution is 0.912. The van der Waals surface area contributed by atoms with Crippen molar-refractivity contribution < 1.29 is 0 Å². The van der Waals surface area contributed by atoms with Crippen LogP contribution in [0.4, 0.5) is 11.5 Å². The van der Waals surface area contributed by atoms with Crippen molar-refractivity contribution in [3.8, 4) is 0 Å². The van der Waals surface area contributed by atoms with Gasteiger partial charge in [-0.25, -0.2) is 9.97 Å². The Morgan fingerprint density at radius 3 is 2.94 bits per heavy atom. The van der Waals surface area contributed by atoms with Crippen LogP contribution in [0.25, 0.3) is 0 Å². The highest BCUT2D eigenvalue weighted by Crippen LogP contribution is 2.27. The predicted molar refractivity (Wildman–Crippen MR) is 73.5 cm³/mol. The van der Waals surface area contributed by atoms with E-state index in [4.69, 9.17) is 11.6 Å². The number of hydrogen-bond donors (Lipinski definition) is 1. The summed E-state index contributed by atoms with van der Waals surface area (Å²) >= 11 is 5.81. The Balaban J connectivity index is 1.90. The Kier molecular flexibility index (Phi) is 2.92. The third-order valence-electron chi connectivity index (χ3n) is 3.30. The molecule has 2 aromatic rings. The van der Waals surface area contributed by atoms with E-state index >= 15 is 0 Å². The van der Waals surface area contributed by atoms with Crippen molar-refractivity contribution in [1.29, 1.82) is 0 Å². The van der Waals surface area contributed by atoms with Crippen molar-refractivity contribution in [3.05, 3.63) is 46.4 Å². The molecule has 0 fully saturated rings. The minimum Gasteiger partial charge on any atom is -0.340 e. The third kappa shape index (κ3) is 2.18. The van der Waals surface area contributed by atoms with Crippen LogP contribution < -0.4 is 5.32 Å². The van der Waals surface area contributed by atoms with Gasteiger partial charge >= 0.3 is 0 Å². The molecule has 3 rings (SSSR count). The Morgan fingerprint density at radius 2 is 2.06 bits per heavy atom. The van der Waals surface area contributed by atoms with Gasteiger partial charge in [0.05, 0.1) is 0 Å². The summed E-state index contributed by atoms with van der Waals surface area (Å²) in [4.78, 5) is 8.16. The zero-order valence-electron chi connectivity index (χ0n) is 10.2. The number of aryl methyl sites for hydroxylation is 3. The largest absolute Gasteiger partial charge is 0.340 e. The van der Waals surface area contributed by atoms with Gasteiger partial charge in [0, 0.05) is 17.4 Å². The van der Waals surface area contributed by atoms with Gasteiger partial charge in [-0.1, -0.05) is 6.07 Å². The topological polar surface area (TPSA) is 37.8 Å². The van der Waals surface area contributed by atoms with E-state index in [1.165, 1.54) is 30.4 Å². The summed E-state index contributed by atoms with van der Waals surface area (Å²) in [6.45, 7) is 1.96. The second-order valence-corrected chi connectivity index (χ2v) is 4.97. The van der Waals surface area contributed by atoms with Gasteiger partial charge in [0.2, 0.25) is 5.28 Å². The molecule has 0 unspecified atom stereocenters. The highest BCUT2D eigenvalue weighted by molar-refractivity contribution is 6.28. The van der Waals surface area contributed by atoms with Crippen LogP contribution in [0.2, 0.25) is 5.28 Å². The summed E-state index contributed by atoms with van der Waals surface area (Å²) in [7, 11) is 0. The number of hydrogen-bond acceptors (Lipinski definition) is 3. The van der Waals surface area contributed by atoms with Crippen molar-refractivity contribution in [2.75, 3.05) is 5.32 Å². The van der Waals surface area contributed by atoms with Gasteiger partial charge in [0.1, 0.15) is 5.82 Å². The Hall–Kier alpha value is -1.61. The Labute approximate surface area is 111 Å². The van der Waals surface area contributed by atoms with Gasteiger partial charge in [-0.05, 0) is 61.0 Å². The summed E-state index contributed by atoms with van der Waals surface area (Å²) in [5.41, 5.74) is 4.96. The van der Waals surface area contributed by atoms with Crippen molar-refractivity contribution in [3.63, 3.8) is 0 Å². The molecule has 1 aliphatic carbocycles. The number of nitrogens with zero attached hydrogens (tertiary/aromatic N) is 2. The number of fused-ring (bicyclic) bond motifs is 1. The van der Waals surface area contributed by atoms with E-state index < -0.39 is 0 Å². The lowest BCUT2D eigenvalue weighted by Gasteiger charge is -2.09. The van der Waals surface area contributed by atoms with Crippen LogP contribution in [0.5, 0.6) is 0 Å². The number of halogens is 1. The second-order valence-electron chi connectivity index (χ2n) is 4.63. The van der Waals surface area contributed by atoms with E-state index in [0.29, 0.717) is 0 Å². The molecule has 92 valence electrons. The van der Waals surface area contributed by atoms with E-state index in [1.54, 1.807) is 6.20 Å². The summed E-state index contributed by atoms with van der Waals surface area (Å²) in [6.07, 6.45) is 5.37. The Morgan fingerprint density at radius 1 is 1.22 bits per heavy atom. The number of anilines is 2. The molecule has 0 saturated carbocycles. The Bertz CT molecular complexity index is 596. The van der Waals surface area contributed by atoms with E-state index in [9.17, 15) is 0 Å². The minimum absolute atomic E-state index is 0.268. The normalized spacial score (nSPS) is 13.4. The first-order valence-electron chi connectivity index (χ1n) is 6.10. The van der Waals surface area contributed by atoms with Crippen molar-refractivity contribution >= 4 is 23.1 Å². The van der Waals surface area contributed by atoms with Crippen LogP contribution in [0.1, 0.15) is 23.1 Å². The van der Waals surface area contributed by atoms with Crippen LogP contribution in [-0.4, -0.2) is 9.97 Å². The molecule has 0 bridgehead atoms. The molecule has 0 atom stereocenters. The average Bonchev–Trinajstić information content (AvgIpc) is 2.81. The fourth-order valence-electron chi connectivity index (χ4n) is 2.33. The van der Waals surface area contributed by atoms with Gasteiger partial charge < -0.3 is 5.32 Å². The average molecular weight is 260 g/mol. The van der Waals surface area contributed by atoms with Gasteiger partial charge in [-0.3, -0.25) is 0 Å². The van der Waals surface area contributed by atoms with Gasteiger partial charge in [-0.2, -0.15) is 0 Å². The lowest BCUT2D eigenvalue weighted by atomic mass is 10.1. The third-order valence-corrected chi connectivity index (χ3v) is 3.49. The molecule has 1 aromatic carbocycles. The first kappa shape index (κ1) is 11.5. The molecule has 0 aliphatic heterocycles. The van der Waals surface area contributed by atoms with Crippen LogP contribution >= 0.6 is 11.6 Å². The highest BCUT2D eigenvalue weighted by Gasteiger charge is 2.11. The smallest absolute Gasteiger partial charge is 0.224 e. The van der Waals surface area contributed by atoms with E-state index in [0.717, 1.165) is 17.1 Å². The van der Waals surface area contributed by atoms with Crippen molar-refractivity contribution in [2.24, 2.45) is 0 Å². The maximum Gasteiger partial charge on any atom is 0.224 e. The molecule has 3 nitrogen and oxygen atoms in total. The van der Waals surface area contributed by atoms with Crippen molar-refractivity contribution in [1.82, 2.24) is 9.97 Å². The molecule has 1 aliphatic rings. The van der Waals surface area contributed by atoms with Crippen molar-refractivity contribution in [2.45, 2.75) is 26.2 Å². The monoisotopic (exact) mass is 259 g/mol. The van der Waals surface area contributed by atoms with Crippen LogP contribution in [0, 0.1) is 6.92 Å². The molecule has 0 spiro atoms. The number of aromatic nitrogens is 2. The first-order valence-corrected chi connectivity index (χ1v) is 6.48. The summed E-state index contributed by atoms with van der Waals surface area (Å²) in [5.74, 6) is 0.771. The maximum atomic E-state index is 5.81. The number of rotatable bonds is 2. The van der Waals surface area contributed by atoms with E-state index in [-0.39, 0.29) is 5.28 Å². The second kappa shape index (κ2) is 4.58. The molecule has 1 heterocycles. The number of nitrogens with one attached hydrogen (secondary N) is 1. The van der Waals surface area contributed by atoms with Gasteiger partial charge in [-0.15, -0.1) is 0 Å². The van der Waals surface area contributed by atoms with E-state index in [1.807, 2.05) is 6.92 Å². The summed E-state index contributed by atoms with van der Waals surface area (Å²) in [5, 5.41) is 3.58. The molecule has 18 heavy (non-hydrogen) atoms. The SMILES string of the molecule is Cc1cnc(Cl)nc1Nc1ccc2c(c1)CCC2. The van der Waals surface area contributed by atoms with E-state index in [2.05, 4.69) is 33.5 Å². The molecule has 1 aromatic heterocycles. The maximum absolute atomic E-state index is 5.81. The number of benzene rings is 1. The van der Waals surface area contributed by atoms with Gasteiger partial charge in [0.25, 0.3) is 0 Å². The molecule has 0 radical (unpaired) electrons.